The monoisotopic (exact) mass is 450 g/mol. The summed E-state index contributed by atoms with van der Waals surface area (Å²) in [7, 11) is 0. The number of fused-ring (bicyclic) bond motifs is 1. The van der Waals surface area contributed by atoms with Crippen molar-refractivity contribution in [2.45, 2.75) is 6.54 Å². The third-order valence-corrected chi connectivity index (χ3v) is 5.70. The van der Waals surface area contributed by atoms with E-state index < -0.39 is 4.92 Å². The van der Waals surface area contributed by atoms with E-state index in [2.05, 4.69) is 9.97 Å². The average Bonchev–Trinajstić information content (AvgIpc) is 3.19. The minimum Gasteiger partial charge on any atom is -0.280 e. The molecule has 0 bridgehead atoms. The van der Waals surface area contributed by atoms with Crippen LogP contribution in [0.5, 0.6) is 0 Å². The van der Waals surface area contributed by atoms with Gasteiger partial charge in [-0.25, -0.2) is 4.98 Å². The summed E-state index contributed by atoms with van der Waals surface area (Å²) < 4.78 is 0.880. The van der Waals surface area contributed by atoms with E-state index in [1.54, 1.807) is 41.6 Å². The van der Waals surface area contributed by atoms with E-state index in [9.17, 15) is 14.9 Å². The van der Waals surface area contributed by atoms with Crippen LogP contribution in [0, 0.1) is 10.1 Å². The minimum absolute atomic E-state index is 0.00480. The molecule has 9 heteroatoms. The number of pyridine rings is 1. The number of aromatic nitrogens is 2. The van der Waals surface area contributed by atoms with Gasteiger partial charge < -0.3 is 0 Å². The molecule has 0 N–H and O–H groups in total. The molecule has 0 aliphatic heterocycles. The van der Waals surface area contributed by atoms with E-state index in [-0.39, 0.29) is 11.6 Å². The molecule has 4 rings (SSSR count). The van der Waals surface area contributed by atoms with Gasteiger partial charge in [0.2, 0.25) is 0 Å². The molecule has 2 heterocycles. The minimum atomic E-state index is -0.465. The Hall–Kier alpha value is -3.62. The fourth-order valence-electron chi connectivity index (χ4n) is 2.88. The van der Waals surface area contributed by atoms with E-state index in [0.717, 1.165) is 15.8 Å². The van der Waals surface area contributed by atoms with Crippen molar-refractivity contribution < 1.29 is 9.72 Å². The number of nitro groups is 1. The fourth-order valence-corrected chi connectivity index (χ4v) is 4.13. The molecule has 0 radical (unpaired) electrons. The van der Waals surface area contributed by atoms with Crippen LogP contribution in [0.1, 0.15) is 11.1 Å². The first-order valence-corrected chi connectivity index (χ1v) is 10.4. The maximum atomic E-state index is 13.1. The lowest BCUT2D eigenvalue weighted by Gasteiger charge is -2.18. The van der Waals surface area contributed by atoms with Gasteiger partial charge in [-0.3, -0.25) is 24.8 Å². The lowest BCUT2D eigenvalue weighted by atomic mass is 10.2. The number of amides is 1. The van der Waals surface area contributed by atoms with Gasteiger partial charge >= 0.3 is 0 Å². The van der Waals surface area contributed by atoms with Crippen molar-refractivity contribution in [1.82, 2.24) is 9.97 Å². The standard InChI is InChI=1S/C22H15ClN4O3S/c23-17-6-9-19-20(12-17)31-22(25-19)26(14-16-2-1-11-24-13-16)21(28)10-5-15-3-7-18(8-4-15)27(29)30/h1-13H,14H2/b10-5-. The Kier molecular flexibility index (Phi) is 6.01. The van der Waals surface area contributed by atoms with Crippen LogP contribution in [-0.2, 0) is 11.3 Å². The summed E-state index contributed by atoms with van der Waals surface area (Å²) in [6.45, 7) is 0.296. The van der Waals surface area contributed by atoms with Gasteiger partial charge in [0.05, 0.1) is 21.7 Å². The van der Waals surface area contributed by atoms with Crippen LogP contribution in [0.15, 0.2) is 73.1 Å². The number of non-ortho nitro benzene ring substituents is 1. The van der Waals surface area contributed by atoms with Crippen molar-refractivity contribution in [2.24, 2.45) is 0 Å². The van der Waals surface area contributed by atoms with E-state index in [4.69, 9.17) is 11.6 Å². The van der Waals surface area contributed by atoms with Crippen molar-refractivity contribution in [3.05, 3.63) is 99.3 Å². The summed E-state index contributed by atoms with van der Waals surface area (Å²) in [5.74, 6) is -0.271. The summed E-state index contributed by atoms with van der Waals surface area (Å²) in [4.78, 5) is 33.7. The highest BCUT2D eigenvalue weighted by atomic mass is 35.5. The molecule has 7 nitrogen and oxygen atoms in total. The highest BCUT2D eigenvalue weighted by Gasteiger charge is 2.19. The first-order valence-electron chi connectivity index (χ1n) is 9.18. The molecule has 0 atom stereocenters. The molecule has 0 saturated carbocycles. The molecule has 154 valence electrons. The van der Waals surface area contributed by atoms with Gasteiger partial charge in [0.25, 0.3) is 11.6 Å². The largest absolute Gasteiger partial charge is 0.280 e. The predicted molar refractivity (Wildman–Crippen MR) is 122 cm³/mol. The summed E-state index contributed by atoms with van der Waals surface area (Å²) in [5.41, 5.74) is 2.29. The average molecular weight is 451 g/mol. The number of hydrogen-bond acceptors (Lipinski definition) is 6. The fraction of sp³-hybridized carbons (Fsp3) is 0.0455. The Morgan fingerprint density at radius 3 is 2.71 bits per heavy atom. The number of rotatable bonds is 6. The highest BCUT2D eigenvalue weighted by molar-refractivity contribution is 7.22. The number of nitro benzene ring substituents is 1. The van der Waals surface area contributed by atoms with Crippen LogP contribution >= 0.6 is 22.9 Å². The van der Waals surface area contributed by atoms with Gasteiger partial charge in [0.15, 0.2) is 5.13 Å². The molecular formula is C22H15ClN4O3S. The molecule has 0 saturated heterocycles. The number of halogens is 1. The van der Waals surface area contributed by atoms with Gasteiger partial charge in [0, 0.05) is 35.6 Å². The zero-order chi connectivity index (χ0) is 21.8. The van der Waals surface area contributed by atoms with Gasteiger partial charge in [0.1, 0.15) is 0 Å². The number of hydrogen-bond donors (Lipinski definition) is 0. The van der Waals surface area contributed by atoms with Crippen molar-refractivity contribution in [2.75, 3.05) is 4.90 Å². The van der Waals surface area contributed by atoms with Crippen LogP contribution in [0.4, 0.5) is 10.8 Å². The van der Waals surface area contributed by atoms with Crippen molar-refractivity contribution in [1.29, 1.82) is 0 Å². The molecule has 0 unspecified atom stereocenters. The van der Waals surface area contributed by atoms with E-state index >= 15 is 0 Å². The van der Waals surface area contributed by atoms with Crippen LogP contribution in [0.2, 0.25) is 5.02 Å². The molecule has 0 aliphatic carbocycles. The Labute approximate surface area is 186 Å². The third-order valence-electron chi connectivity index (χ3n) is 4.42. The summed E-state index contributed by atoms with van der Waals surface area (Å²) in [5, 5.41) is 11.9. The zero-order valence-corrected chi connectivity index (χ0v) is 17.6. The Morgan fingerprint density at radius 2 is 2.00 bits per heavy atom. The quantitative estimate of drug-likeness (QED) is 0.220. The summed E-state index contributed by atoms with van der Waals surface area (Å²) >= 11 is 7.46. The number of carbonyl (C=O) groups excluding carboxylic acids is 1. The number of carbonyl (C=O) groups is 1. The molecule has 0 aliphatic rings. The van der Waals surface area contributed by atoms with E-state index in [1.165, 1.54) is 29.5 Å². The topological polar surface area (TPSA) is 89.2 Å². The zero-order valence-electron chi connectivity index (χ0n) is 16.0. The maximum absolute atomic E-state index is 13.1. The molecule has 0 fully saturated rings. The van der Waals surface area contributed by atoms with E-state index in [0.29, 0.717) is 22.3 Å². The Morgan fingerprint density at radius 1 is 1.19 bits per heavy atom. The van der Waals surface area contributed by atoms with Crippen molar-refractivity contribution in [3.63, 3.8) is 0 Å². The molecular weight excluding hydrogens is 436 g/mol. The molecule has 0 spiro atoms. The third kappa shape index (κ3) is 4.93. The molecule has 2 aromatic carbocycles. The predicted octanol–water partition coefficient (Wildman–Crippen LogP) is 5.50. The Bertz CT molecular complexity index is 1270. The van der Waals surface area contributed by atoms with Crippen LogP contribution in [0.3, 0.4) is 0 Å². The SMILES string of the molecule is O=C(/C=C\c1ccc([N+](=O)[O-])cc1)N(Cc1cccnc1)c1nc2ccc(Cl)cc2s1. The number of anilines is 1. The second-order valence-corrected chi connectivity index (χ2v) is 8.02. The molecule has 1 amide bonds. The van der Waals surface area contributed by atoms with Crippen LogP contribution in [-0.4, -0.2) is 20.8 Å². The van der Waals surface area contributed by atoms with Crippen molar-refractivity contribution in [3.8, 4) is 0 Å². The van der Waals surface area contributed by atoms with Gasteiger partial charge in [-0.15, -0.1) is 0 Å². The molecule has 2 aromatic heterocycles. The lowest BCUT2D eigenvalue weighted by molar-refractivity contribution is -0.384. The van der Waals surface area contributed by atoms with Crippen molar-refractivity contribution >= 4 is 56.0 Å². The second-order valence-electron chi connectivity index (χ2n) is 6.58. The number of nitrogens with zero attached hydrogens (tertiary/aromatic N) is 4. The maximum Gasteiger partial charge on any atom is 0.269 e. The smallest absolute Gasteiger partial charge is 0.269 e. The Balaban J connectivity index is 1.64. The van der Waals surface area contributed by atoms with Gasteiger partial charge in [-0.1, -0.05) is 29.0 Å². The number of thiazole rings is 1. The van der Waals surface area contributed by atoms with E-state index in [1.807, 2.05) is 24.3 Å². The highest BCUT2D eigenvalue weighted by Crippen LogP contribution is 2.31. The normalized spacial score (nSPS) is 11.1. The lowest BCUT2D eigenvalue weighted by Crippen LogP contribution is -2.28. The molecule has 31 heavy (non-hydrogen) atoms. The van der Waals surface area contributed by atoms with Gasteiger partial charge in [-0.05, 0) is 53.6 Å². The second kappa shape index (κ2) is 9.03. The first kappa shape index (κ1) is 20.6. The summed E-state index contributed by atoms with van der Waals surface area (Å²) in [6.07, 6.45) is 6.41. The first-order chi connectivity index (χ1) is 15.0. The van der Waals surface area contributed by atoms with Crippen LogP contribution in [0.25, 0.3) is 16.3 Å². The van der Waals surface area contributed by atoms with Gasteiger partial charge in [-0.2, -0.15) is 0 Å². The summed E-state index contributed by atoms with van der Waals surface area (Å²) in [6, 6.07) is 15.1. The molecule has 4 aromatic rings. The number of benzene rings is 2. The van der Waals surface area contributed by atoms with Crippen LogP contribution < -0.4 is 4.90 Å².